The third-order valence-corrected chi connectivity index (χ3v) is 3.34. The summed E-state index contributed by atoms with van der Waals surface area (Å²) in [5, 5.41) is 16.9. The van der Waals surface area contributed by atoms with E-state index in [4.69, 9.17) is 5.26 Å². The summed E-state index contributed by atoms with van der Waals surface area (Å²) >= 11 is 3.29. The van der Waals surface area contributed by atoms with Crippen LogP contribution in [0.1, 0.15) is 5.56 Å². The minimum Gasteiger partial charge on any atom is -0.353 e. The molecule has 1 aliphatic rings. The predicted octanol–water partition coefficient (Wildman–Crippen LogP) is 0.347. The molecule has 0 aliphatic carbocycles. The third-order valence-electron chi connectivity index (χ3n) is 2.68. The van der Waals surface area contributed by atoms with Crippen molar-refractivity contribution in [1.82, 2.24) is 10.6 Å². The molecule has 0 aromatic heterocycles. The first-order valence-corrected chi connectivity index (χ1v) is 6.40. The fraction of sp³-hybridized carbons (Fsp3) is 0.250. The topological polar surface area (TPSA) is 94.0 Å². The van der Waals surface area contributed by atoms with Crippen molar-refractivity contribution >= 4 is 33.4 Å². The molecular weight excluding hydrogens is 312 g/mol. The number of piperazine rings is 1. The van der Waals surface area contributed by atoms with E-state index >= 15 is 0 Å². The molecule has 1 unspecified atom stereocenters. The number of hydrogen-bond acceptors (Lipinski definition) is 4. The summed E-state index contributed by atoms with van der Waals surface area (Å²) < 4.78 is 0.639. The Morgan fingerprint density at radius 1 is 1.53 bits per heavy atom. The van der Waals surface area contributed by atoms with E-state index in [0.29, 0.717) is 15.7 Å². The lowest BCUT2D eigenvalue weighted by Gasteiger charge is -2.23. The maximum atomic E-state index is 12.0. The van der Waals surface area contributed by atoms with E-state index < -0.39 is 6.04 Å². The Hall–Kier alpha value is -1.91. The standard InChI is InChI=1S/C12H11BrN4O2/c13-8-3-7(4-14)1-2-9(8)17-12(19)10-5-16-11(18)6-15-10/h1-3,10,15H,5-6H2,(H,16,18)(H,17,19). The first kappa shape index (κ1) is 13.5. The Bertz CT molecular complexity index is 557. The second-order valence-corrected chi connectivity index (χ2v) is 4.89. The molecule has 1 atom stereocenters. The average molecular weight is 323 g/mol. The van der Waals surface area contributed by atoms with Crippen LogP contribution in [0.25, 0.3) is 0 Å². The van der Waals surface area contributed by atoms with Crippen LogP contribution in [0, 0.1) is 11.3 Å². The maximum absolute atomic E-state index is 12.0. The summed E-state index contributed by atoms with van der Waals surface area (Å²) in [6.07, 6.45) is 0. The number of nitrogens with one attached hydrogen (secondary N) is 3. The summed E-state index contributed by atoms with van der Waals surface area (Å²) in [6, 6.07) is 6.46. The zero-order valence-corrected chi connectivity index (χ0v) is 11.5. The highest BCUT2D eigenvalue weighted by atomic mass is 79.9. The number of carbonyl (C=O) groups is 2. The van der Waals surface area contributed by atoms with Gasteiger partial charge in [-0.25, -0.2) is 0 Å². The van der Waals surface area contributed by atoms with Crippen LogP contribution >= 0.6 is 15.9 Å². The average Bonchev–Trinajstić information content (AvgIpc) is 2.41. The summed E-state index contributed by atoms with van der Waals surface area (Å²) in [5.41, 5.74) is 1.09. The fourth-order valence-corrected chi connectivity index (χ4v) is 2.14. The Morgan fingerprint density at radius 3 is 2.89 bits per heavy atom. The molecular formula is C12H11BrN4O2. The van der Waals surface area contributed by atoms with Crippen LogP contribution in [-0.4, -0.2) is 30.9 Å². The normalized spacial score (nSPS) is 18.3. The smallest absolute Gasteiger partial charge is 0.243 e. The molecule has 0 spiro atoms. The van der Waals surface area contributed by atoms with Crippen molar-refractivity contribution < 1.29 is 9.59 Å². The van der Waals surface area contributed by atoms with Crippen LogP contribution in [0.4, 0.5) is 5.69 Å². The lowest BCUT2D eigenvalue weighted by molar-refractivity contribution is -0.124. The highest BCUT2D eigenvalue weighted by molar-refractivity contribution is 9.10. The highest BCUT2D eigenvalue weighted by Gasteiger charge is 2.24. The van der Waals surface area contributed by atoms with Gasteiger partial charge in [0.15, 0.2) is 0 Å². The Balaban J connectivity index is 2.03. The van der Waals surface area contributed by atoms with E-state index in [2.05, 4.69) is 31.9 Å². The number of nitrogens with zero attached hydrogens (tertiary/aromatic N) is 1. The zero-order chi connectivity index (χ0) is 13.8. The molecule has 2 rings (SSSR count). The predicted molar refractivity (Wildman–Crippen MR) is 72.3 cm³/mol. The van der Waals surface area contributed by atoms with Crippen LogP contribution in [-0.2, 0) is 9.59 Å². The van der Waals surface area contributed by atoms with Crippen LogP contribution in [0.5, 0.6) is 0 Å². The lowest BCUT2D eigenvalue weighted by Crippen LogP contribution is -2.56. The second-order valence-electron chi connectivity index (χ2n) is 4.03. The van der Waals surface area contributed by atoms with Gasteiger partial charge in [0.05, 0.1) is 23.9 Å². The molecule has 98 valence electrons. The van der Waals surface area contributed by atoms with Crippen molar-refractivity contribution in [3.8, 4) is 6.07 Å². The molecule has 19 heavy (non-hydrogen) atoms. The lowest BCUT2D eigenvalue weighted by atomic mass is 10.2. The molecule has 1 fully saturated rings. The number of anilines is 1. The molecule has 1 aromatic carbocycles. The molecule has 3 N–H and O–H groups in total. The molecule has 1 saturated heterocycles. The molecule has 7 heteroatoms. The van der Waals surface area contributed by atoms with Gasteiger partial charge in [0.25, 0.3) is 0 Å². The van der Waals surface area contributed by atoms with Crippen molar-refractivity contribution in [2.45, 2.75) is 6.04 Å². The Labute approximate surface area is 118 Å². The van der Waals surface area contributed by atoms with Gasteiger partial charge in [-0.3, -0.25) is 14.9 Å². The van der Waals surface area contributed by atoms with Gasteiger partial charge < -0.3 is 10.6 Å². The monoisotopic (exact) mass is 322 g/mol. The quantitative estimate of drug-likeness (QED) is 0.732. The van der Waals surface area contributed by atoms with E-state index in [1.54, 1.807) is 18.2 Å². The van der Waals surface area contributed by atoms with Crippen LogP contribution in [0.3, 0.4) is 0 Å². The highest BCUT2D eigenvalue weighted by Crippen LogP contribution is 2.23. The number of rotatable bonds is 2. The second kappa shape index (κ2) is 5.82. The molecule has 0 saturated carbocycles. The van der Waals surface area contributed by atoms with Gasteiger partial charge in [0.1, 0.15) is 6.04 Å². The molecule has 1 aromatic rings. The van der Waals surface area contributed by atoms with E-state index in [1.165, 1.54) is 0 Å². The molecule has 0 radical (unpaired) electrons. The maximum Gasteiger partial charge on any atom is 0.243 e. The van der Waals surface area contributed by atoms with Crippen molar-refractivity contribution in [2.24, 2.45) is 0 Å². The third kappa shape index (κ3) is 3.30. The molecule has 1 aliphatic heterocycles. The van der Waals surface area contributed by atoms with E-state index in [0.717, 1.165) is 0 Å². The first-order valence-electron chi connectivity index (χ1n) is 5.61. The van der Waals surface area contributed by atoms with E-state index in [9.17, 15) is 9.59 Å². The van der Waals surface area contributed by atoms with Gasteiger partial charge in [-0.2, -0.15) is 5.26 Å². The van der Waals surface area contributed by atoms with Gasteiger partial charge in [-0.15, -0.1) is 0 Å². The SMILES string of the molecule is N#Cc1ccc(NC(=O)C2CNC(=O)CN2)c(Br)c1. The van der Waals surface area contributed by atoms with Crippen LogP contribution in [0.2, 0.25) is 0 Å². The fourth-order valence-electron chi connectivity index (χ4n) is 1.66. The van der Waals surface area contributed by atoms with Crippen molar-refractivity contribution in [2.75, 3.05) is 18.4 Å². The number of carbonyl (C=O) groups excluding carboxylic acids is 2. The van der Waals surface area contributed by atoms with Gasteiger partial charge in [-0.05, 0) is 34.1 Å². The molecule has 6 nitrogen and oxygen atoms in total. The van der Waals surface area contributed by atoms with Crippen LogP contribution < -0.4 is 16.0 Å². The summed E-state index contributed by atoms with van der Waals surface area (Å²) in [4.78, 5) is 22.9. The van der Waals surface area contributed by atoms with Crippen molar-refractivity contribution in [3.05, 3.63) is 28.2 Å². The number of nitriles is 1. The van der Waals surface area contributed by atoms with Gasteiger partial charge >= 0.3 is 0 Å². The van der Waals surface area contributed by atoms with E-state index in [-0.39, 0.29) is 24.9 Å². The van der Waals surface area contributed by atoms with Crippen LogP contribution in [0.15, 0.2) is 22.7 Å². The largest absolute Gasteiger partial charge is 0.353 e. The molecule has 0 bridgehead atoms. The first-order chi connectivity index (χ1) is 9.10. The summed E-state index contributed by atoms with van der Waals surface area (Å²) in [7, 11) is 0. The number of benzene rings is 1. The minimum atomic E-state index is -0.458. The van der Waals surface area contributed by atoms with Crippen molar-refractivity contribution in [1.29, 1.82) is 5.26 Å². The Kier molecular flexibility index (Phi) is 4.14. The summed E-state index contributed by atoms with van der Waals surface area (Å²) in [6.45, 7) is 0.394. The zero-order valence-electron chi connectivity index (χ0n) is 9.87. The van der Waals surface area contributed by atoms with E-state index in [1.807, 2.05) is 6.07 Å². The number of halogens is 1. The molecule has 2 amide bonds. The minimum absolute atomic E-state index is 0.122. The molecule has 1 heterocycles. The number of hydrogen-bond donors (Lipinski definition) is 3. The van der Waals surface area contributed by atoms with Gasteiger partial charge in [0, 0.05) is 11.0 Å². The Morgan fingerprint density at radius 2 is 2.32 bits per heavy atom. The van der Waals surface area contributed by atoms with Gasteiger partial charge in [0.2, 0.25) is 11.8 Å². The van der Waals surface area contributed by atoms with Crippen molar-refractivity contribution in [3.63, 3.8) is 0 Å². The van der Waals surface area contributed by atoms with Gasteiger partial charge in [-0.1, -0.05) is 0 Å². The summed E-state index contributed by atoms with van der Waals surface area (Å²) in [5.74, 6) is -0.353. The number of amides is 2.